The Bertz CT molecular complexity index is 736. The van der Waals surface area contributed by atoms with Crippen molar-refractivity contribution in [2.75, 3.05) is 17.2 Å². The lowest BCUT2D eigenvalue weighted by Crippen LogP contribution is -2.22. The van der Waals surface area contributed by atoms with Gasteiger partial charge in [0.1, 0.15) is 0 Å². The molecule has 0 unspecified atom stereocenters. The summed E-state index contributed by atoms with van der Waals surface area (Å²) in [6.07, 6.45) is -0.0953. The molecule has 0 aromatic heterocycles. The molecule has 2 N–H and O–H groups in total. The smallest absolute Gasteiger partial charge is 0.306 e. The van der Waals surface area contributed by atoms with Crippen molar-refractivity contribution in [3.05, 3.63) is 59.7 Å². The average Bonchev–Trinajstić information content (AvgIpc) is 2.62. The van der Waals surface area contributed by atoms with Crippen LogP contribution >= 0.6 is 0 Å². The molecule has 0 spiro atoms. The Hall–Kier alpha value is -3.15. The normalized spacial score (nSPS) is 10.1. The molecule has 26 heavy (non-hydrogen) atoms. The number of hydrogen-bond donors (Lipinski definition) is 2. The Morgan fingerprint density at radius 3 is 1.81 bits per heavy atom. The van der Waals surface area contributed by atoms with E-state index in [1.807, 2.05) is 50.2 Å². The molecule has 0 heterocycles. The first-order chi connectivity index (χ1) is 12.5. The van der Waals surface area contributed by atoms with Crippen LogP contribution in [-0.2, 0) is 19.1 Å². The lowest BCUT2D eigenvalue weighted by molar-refractivity contribution is -0.147. The Morgan fingerprint density at radius 2 is 1.27 bits per heavy atom. The van der Waals surface area contributed by atoms with Gasteiger partial charge in [0.05, 0.1) is 6.42 Å². The molecular formula is C20H22N2O4. The van der Waals surface area contributed by atoms with Crippen LogP contribution in [0, 0.1) is 13.8 Å². The van der Waals surface area contributed by atoms with Gasteiger partial charge in [-0.05, 0) is 37.1 Å². The van der Waals surface area contributed by atoms with E-state index in [1.54, 1.807) is 12.1 Å². The maximum atomic E-state index is 11.9. The fourth-order valence-electron chi connectivity index (χ4n) is 2.26. The van der Waals surface area contributed by atoms with Gasteiger partial charge in [-0.25, -0.2) is 0 Å². The first-order valence-electron chi connectivity index (χ1n) is 8.32. The summed E-state index contributed by atoms with van der Waals surface area (Å²) in [6.45, 7) is 3.37. The van der Waals surface area contributed by atoms with Gasteiger partial charge in [-0.15, -0.1) is 0 Å². The molecule has 0 aliphatic heterocycles. The monoisotopic (exact) mass is 354 g/mol. The minimum atomic E-state index is -0.593. The van der Waals surface area contributed by atoms with Crippen LogP contribution in [0.15, 0.2) is 48.5 Å². The van der Waals surface area contributed by atoms with Crippen molar-refractivity contribution in [3.8, 4) is 0 Å². The Kier molecular flexibility index (Phi) is 6.91. The maximum absolute atomic E-state index is 11.9. The third-order valence-electron chi connectivity index (χ3n) is 3.76. The second kappa shape index (κ2) is 9.36. The number of anilines is 2. The highest BCUT2D eigenvalue weighted by molar-refractivity contribution is 5.95. The van der Waals surface area contributed by atoms with Crippen molar-refractivity contribution in [3.63, 3.8) is 0 Å². The highest BCUT2D eigenvalue weighted by Crippen LogP contribution is 2.14. The standard InChI is InChI=1S/C20H22N2O4/c1-14-7-3-5-9-16(14)21-18(23)11-12-20(25)26-13-19(24)22-17-10-6-4-8-15(17)2/h3-10H,11-13H2,1-2H3,(H,21,23)(H,22,24). The first kappa shape index (κ1) is 19.2. The molecule has 0 atom stereocenters. The van der Waals surface area contributed by atoms with E-state index in [0.29, 0.717) is 11.4 Å². The number of benzene rings is 2. The molecule has 2 rings (SSSR count). The number of para-hydroxylation sites is 2. The number of nitrogens with one attached hydrogen (secondary N) is 2. The van der Waals surface area contributed by atoms with Gasteiger partial charge in [-0.3, -0.25) is 14.4 Å². The Balaban J connectivity index is 1.70. The lowest BCUT2D eigenvalue weighted by atomic mass is 10.2. The maximum Gasteiger partial charge on any atom is 0.306 e. The second-order valence-electron chi connectivity index (χ2n) is 5.89. The van der Waals surface area contributed by atoms with Gasteiger partial charge in [-0.2, -0.15) is 0 Å². The van der Waals surface area contributed by atoms with Gasteiger partial charge in [0, 0.05) is 17.8 Å². The van der Waals surface area contributed by atoms with Crippen molar-refractivity contribution >= 4 is 29.2 Å². The van der Waals surface area contributed by atoms with Crippen LogP contribution in [0.4, 0.5) is 11.4 Å². The van der Waals surface area contributed by atoms with E-state index < -0.39 is 11.9 Å². The van der Waals surface area contributed by atoms with Crippen LogP contribution in [0.25, 0.3) is 0 Å². The van der Waals surface area contributed by atoms with E-state index in [9.17, 15) is 14.4 Å². The number of hydrogen-bond acceptors (Lipinski definition) is 4. The molecule has 0 aliphatic rings. The molecule has 6 heteroatoms. The predicted octanol–water partition coefficient (Wildman–Crippen LogP) is 3.20. The average molecular weight is 354 g/mol. The predicted molar refractivity (Wildman–Crippen MR) is 99.8 cm³/mol. The van der Waals surface area contributed by atoms with Crippen molar-refractivity contribution < 1.29 is 19.1 Å². The molecule has 2 amide bonds. The van der Waals surface area contributed by atoms with Crippen molar-refractivity contribution in [1.29, 1.82) is 0 Å². The number of esters is 1. The van der Waals surface area contributed by atoms with Gasteiger partial charge in [0.25, 0.3) is 5.91 Å². The fourth-order valence-corrected chi connectivity index (χ4v) is 2.26. The molecule has 0 bridgehead atoms. The molecule has 0 radical (unpaired) electrons. The molecule has 2 aromatic rings. The van der Waals surface area contributed by atoms with Crippen LogP contribution in [0.2, 0.25) is 0 Å². The molecule has 0 fully saturated rings. The quantitative estimate of drug-likeness (QED) is 0.748. The van der Waals surface area contributed by atoms with Gasteiger partial charge in [-0.1, -0.05) is 36.4 Å². The molecule has 0 saturated carbocycles. The van der Waals surface area contributed by atoms with Crippen LogP contribution in [0.3, 0.4) is 0 Å². The van der Waals surface area contributed by atoms with Gasteiger partial charge >= 0.3 is 5.97 Å². The van der Waals surface area contributed by atoms with E-state index in [2.05, 4.69) is 10.6 Å². The minimum Gasteiger partial charge on any atom is -0.456 e. The summed E-state index contributed by atoms with van der Waals surface area (Å²) in [7, 11) is 0. The van der Waals surface area contributed by atoms with E-state index in [4.69, 9.17) is 4.74 Å². The number of carbonyl (C=O) groups is 3. The molecule has 6 nitrogen and oxygen atoms in total. The SMILES string of the molecule is Cc1ccccc1NC(=O)CCC(=O)OCC(=O)Nc1ccccc1C. The molecule has 0 saturated heterocycles. The van der Waals surface area contributed by atoms with Crippen molar-refractivity contribution in [2.45, 2.75) is 26.7 Å². The Morgan fingerprint density at radius 1 is 0.769 bits per heavy atom. The van der Waals surface area contributed by atoms with Crippen molar-refractivity contribution in [2.24, 2.45) is 0 Å². The summed E-state index contributed by atoms with van der Waals surface area (Å²) >= 11 is 0. The van der Waals surface area contributed by atoms with Crippen LogP contribution < -0.4 is 10.6 Å². The molecular weight excluding hydrogens is 332 g/mol. The van der Waals surface area contributed by atoms with Crippen molar-refractivity contribution in [1.82, 2.24) is 0 Å². The Labute approximate surface area is 152 Å². The summed E-state index contributed by atoms with van der Waals surface area (Å²) < 4.78 is 4.91. The zero-order chi connectivity index (χ0) is 18.9. The van der Waals surface area contributed by atoms with Gasteiger partial charge in [0.2, 0.25) is 5.91 Å². The zero-order valence-electron chi connectivity index (χ0n) is 14.9. The van der Waals surface area contributed by atoms with E-state index in [-0.39, 0.29) is 25.4 Å². The number of carbonyl (C=O) groups excluding carboxylic acids is 3. The third-order valence-corrected chi connectivity index (χ3v) is 3.76. The zero-order valence-corrected chi connectivity index (χ0v) is 14.9. The molecule has 136 valence electrons. The lowest BCUT2D eigenvalue weighted by Gasteiger charge is -2.09. The minimum absolute atomic E-state index is 0.00736. The second-order valence-corrected chi connectivity index (χ2v) is 5.89. The van der Waals surface area contributed by atoms with E-state index in [0.717, 1.165) is 11.1 Å². The summed E-state index contributed by atoms with van der Waals surface area (Å²) in [5, 5.41) is 5.42. The third kappa shape index (κ3) is 6.05. The van der Waals surface area contributed by atoms with E-state index in [1.165, 1.54) is 0 Å². The highest BCUT2D eigenvalue weighted by atomic mass is 16.5. The summed E-state index contributed by atoms with van der Waals surface area (Å²) in [5.41, 5.74) is 3.24. The number of aryl methyl sites for hydroxylation is 2. The number of rotatable bonds is 7. The van der Waals surface area contributed by atoms with Crippen LogP contribution in [0.1, 0.15) is 24.0 Å². The molecule has 0 aliphatic carbocycles. The van der Waals surface area contributed by atoms with E-state index >= 15 is 0 Å². The first-order valence-corrected chi connectivity index (χ1v) is 8.32. The fraction of sp³-hybridized carbons (Fsp3) is 0.250. The van der Waals surface area contributed by atoms with Crippen LogP contribution in [0.5, 0.6) is 0 Å². The van der Waals surface area contributed by atoms with Gasteiger partial charge < -0.3 is 15.4 Å². The number of ether oxygens (including phenoxy) is 1. The summed E-state index contributed by atoms with van der Waals surface area (Å²) in [6, 6.07) is 14.7. The highest BCUT2D eigenvalue weighted by Gasteiger charge is 2.12. The largest absolute Gasteiger partial charge is 0.456 e. The summed E-state index contributed by atoms with van der Waals surface area (Å²) in [4.78, 5) is 35.4. The number of amides is 2. The molecule has 2 aromatic carbocycles. The van der Waals surface area contributed by atoms with Gasteiger partial charge in [0.15, 0.2) is 6.61 Å². The topological polar surface area (TPSA) is 84.5 Å². The van der Waals surface area contributed by atoms with Crippen LogP contribution in [-0.4, -0.2) is 24.4 Å². The summed E-state index contributed by atoms with van der Waals surface area (Å²) in [5.74, 6) is -1.29.